The highest BCUT2D eigenvalue weighted by atomic mass is 32.2. The second kappa shape index (κ2) is 5.22. The van der Waals surface area contributed by atoms with Crippen molar-refractivity contribution in [1.82, 2.24) is 9.97 Å². The molecule has 6 heteroatoms. The largest absolute Gasteiger partial charge is 0.397 e. The van der Waals surface area contributed by atoms with Crippen molar-refractivity contribution in [3.8, 4) is 0 Å². The molecule has 0 aliphatic carbocycles. The normalized spacial score (nSPS) is 12.2. The van der Waals surface area contributed by atoms with Crippen molar-refractivity contribution in [3.63, 3.8) is 0 Å². The van der Waals surface area contributed by atoms with E-state index in [4.69, 9.17) is 8.85 Å². The minimum atomic E-state index is -2.03. The van der Waals surface area contributed by atoms with Gasteiger partial charge in [0.15, 0.2) is 5.16 Å². The fourth-order valence-electron chi connectivity index (χ4n) is 1.40. The molecule has 2 aromatic rings. The number of benzene rings is 1. The molecule has 0 aliphatic rings. The standard InChI is InChI=1S/C11H16N2O2SSi/c1-14-17(3,15-2)8-16-11-12-9-6-4-5-7-10(9)13-11/h4-7H,8H2,1-3H3,(H,12,13). The third-order valence-corrected chi connectivity index (χ3v) is 7.57. The van der Waals surface area contributed by atoms with Crippen LogP contribution in [0.5, 0.6) is 0 Å². The van der Waals surface area contributed by atoms with E-state index in [9.17, 15) is 0 Å². The Hall–Kier alpha value is -0.823. The fraction of sp³-hybridized carbons (Fsp3) is 0.364. The van der Waals surface area contributed by atoms with Gasteiger partial charge in [-0.1, -0.05) is 23.9 Å². The van der Waals surface area contributed by atoms with E-state index in [1.54, 1.807) is 26.0 Å². The van der Waals surface area contributed by atoms with Gasteiger partial charge < -0.3 is 13.8 Å². The maximum absolute atomic E-state index is 5.44. The fourth-order valence-corrected chi connectivity index (χ4v) is 4.45. The maximum Gasteiger partial charge on any atom is 0.345 e. The Morgan fingerprint density at radius 2 is 2.00 bits per heavy atom. The summed E-state index contributed by atoms with van der Waals surface area (Å²) < 4.78 is 10.9. The molecule has 0 saturated carbocycles. The summed E-state index contributed by atoms with van der Waals surface area (Å²) in [5.74, 6) is 0. The number of rotatable bonds is 5. The highest BCUT2D eigenvalue weighted by Gasteiger charge is 2.29. The van der Waals surface area contributed by atoms with Gasteiger partial charge in [0.1, 0.15) is 0 Å². The van der Waals surface area contributed by atoms with E-state index in [-0.39, 0.29) is 0 Å². The molecule has 0 amide bonds. The zero-order chi connectivity index (χ0) is 12.3. The molecule has 1 N–H and O–H groups in total. The lowest BCUT2D eigenvalue weighted by molar-refractivity contribution is 0.257. The van der Waals surface area contributed by atoms with Crippen LogP contribution in [0.2, 0.25) is 6.55 Å². The topological polar surface area (TPSA) is 47.1 Å². The molecule has 0 unspecified atom stereocenters. The predicted molar refractivity (Wildman–Crippen MR) is 72.5 cm³/mol. The van der Waals surface area contributed by atoms with Gasteiger partial charge in [-0.05, 0) is 18.7 Å². The van der Waals surface area contributed by atoms with E-state index in [0.717, 1.165) is 21.6 Å². The van der Waals surface area contributed by atoms with E-state index < -0.39 is 8.56 Å². The van der Waals surface area contributed by atoms with Gasteiger partial charge in [-0.2, -0.15) is 0 Å². The van der Waals surface area contributed by atoms with Crippen molar-refractivity contribution in [2.24, 2.45) is 0 Å². The van der Waals surface area contributed by atoms with Crippen LogP contribution in [0.15, 0.2) is 29.4 Å². The summed E-state index contributed by atoms with van der Waals surface area (Å²) in [6, 6.07) is 8.01. The van der Waals surface area contributed by atoms with Crippen molar-refractivity contribution < 1.29 is 8.85 Å². The zero-order valence-electron chi connectivity index (χ0n) is 10.2. The van der Waals surface area contributed by atoms with Crippen LogP contribution in [0.25, 0.3) is 11.0 Å². The van der Waals surface area contributed by atoms with E-state index in [0.29, 0.717) is 0 Å². The van der Waals surface area contributed by atoms with Gasteiger partial charge in [-0.3, -0.25) is 0 Å². The minimum absolute atomic E-state index is 0.819. The lowest BCUT2D eigenvalue weighted by Gasteiger charge is -2.21. The molecular formula is C11H16N2O2SSi. The van der Waals surface area contributed by atoms with Crippen LogP contribution >= 0.6 is 11.8 Å². The molecule has 0 radical (unpaired) electrons. The third-order valence-electron chi connectivity index (χ3n) is 2.70. The Kier molecular flexibility index (Phi) is 3.88. The number of hydrogen-bond acceptors (Lipinski definition) is 4. The first-order valence-electron chi connectivity index (χ1n) is 5.35. The molecule has 92 valence electrons. The van der Waals surface area contributed by atoms with E-state index in [1.807, 2.05) is 30.8 Å². The summed E-state index contributed by atoms with van der Waals surface area (Å²) in [6.07, 6.45) is 0. The molecule has 0 atom stereocenters. The number of thioether (sulfide) groups is 1. The van der Waals surface area contributed by atoms with E-state index >= 15 is 0 Å². The second-order valence-electron chi connectivity index (χ2n) is 3.89. The number of nitrogens with zero attached hydrogens (tertiary/aromatic N) is 1. The van der Waals surface area contributed by atoms with Crippen LogP contribution in [-0.4, -0.2) is 38.1 Å². The van der Waals surface area contributed by atoms with Crippen LogP contribution in [0.3, 0.4) is 0 Å². The van der Waals surface area contributed by atoms with Crippen LogP contribution in [0.4, 0.5) is 0 Å². The van der Waals surface area contributed by atoms with Gasteiger partial charge in [0, 0.05) is 19.6 Å². The quantitative estimate of drug-likeness (QED) is 0.669. The molecule has 17 heavy (non-hydrogen) atoms. The highest BCUT2D eigenvalue weighted by molar-refractivity contribution is 8.00. The van der Waals surface area contributed by atoms with Crippen LogP contribution in [-0.2, 0) is 8.85 Å². The summed E-state index contributed by atoms with van der Waals surface area (Å²) in [5, 5.41) is 1.74. The molecule has 0 aliphatic heterocycles. The first kappa shape index (κ1) is 12.6. The highest BCUT2D eigenvalue weighted by Crippen LogP contribution is 2.22. The van der Waals surface area contributed by atoms with Gasteiger partial charge in [0.2, 0.25) is 0 Å². The molecule has 0 bridgehead atoms. The summed E-state index contributed by atoms with van der Waals surface area (Å²) in [6.45, 7) is 2.04. The van der Waals surface area contributed by atoms with Gasteiger partial charge in [-0.15, -0.1) is 0 Å². The molecule has 0 saturated heterocycles. The van der Waals surface area contributed by atoms with E-state index in [2.05, 4.69) is 9.97 Å². The molecule has 1 aromatic carbocycles. The summed E-state index contributed by atoms with van der Waals surface area (Å²) >= 11 is 1.65. The Balaban J connectivity index is 2.09. The van der Waals surface area contributed by atoms with Gasteiger partial charge >= 0.3 is 8.56 Å². The molecule has 1 heterocycles. The van der Waals surface area contributed by atoms with Gasteiger partial charge in [0.25, 0.3) is 0 Å². The number of nitrogens with one attached hydrogen (secondary N) is 1. The lowest BCUT2D eigenvalue weighted by Crippen LogP contribution is -2.39. The Labute approximate surface area is 106 Å². The lowest BCUT2D eigenvalue weighted by atomic mass is 10.3. The zero-order valence-corrected chi connectivity index (χ0v) is 12.0. The van der Waals surface area contributed by atoms with Crippen LogP contribution in [0, 0.1) is 0 Å². The SMILES string of the molecule is CO[Si](C)(CSc1nc2ccccc2[nH]1)OC. The van der Waals surface area contributed by atoms with Gasteiger partial charge in [-0.25, -0.2) is 4.98 Å². The number of aromatic nitrogens is 2. The van der Waals surface area contributed by atoms with Crippen molar-refractivity contribution in [1.29, 1.82) is 0 Å². The molecule has 2 rings (SSSR count). The maximum atomic E-state index is 5.44. The number of para-hydroxylation sites is 2. The Morgan fingerprint density at radius 1 is 1.29 bits per heavy atom. The number of imidazole rings is 1. The summed E-state index contributed by atoms with van der Waals surface area (Å²) in [4.78, 5) is 7.78. The van der Waals surface area contributed by atoms with E-state index in [1.165, 1.54) is 0 Å². The van der Waals surface area contributed by atoms with Crippen LogP contribution in [0.1, 0.15) is 0 Å². The molecule has 1 aromatic heterocycles. The smallest absolute Gasteiger partial charge is 0.345 e. The molecule has 0 spiro atoms. The van der Waals surface area contributed by atoms with Crippen molar-refractivity contribution in [3.05, 3.63) is 24.3 Å². The summed E-state index contributed by atoms with van der Waals surface area (Å²) in [5.41, 5.74) is 2.06. The predicted octanol–water partition coefficient (Wildman–Crippen LogP) is 2.56. The number of H-pyrrole nitrogens is 1. The monoisotopic (exact) mass is 268 g/mol. The molecular weight excluding hydrogens is 252 g/mol. The van der Waals surface area contributed by atoms with Crippen molar-refractivity contribution in [2.45, 2.75) is 11.7 Å². The number of aromatic amines is 1. The average molecular weight is 268 g/mol. The second-order valence-corrected chi connectivity index (χ2v) is 8.80. The number of hydrogen-bond donors (Lipinski definition) is 1. The molecule has 0 fully saturated rings. The van der Waals surface area contributed by atoms with Crippen molar-refractivity contribution in [2.75, 3.05) is 19.6 Å². The van der Waals surface area contributed by atoms with Crippen molar-refractivity contribution >= 4 is 31.4 Å². The Bertz CT molecular complexity index is 466. The minimum Gasteiger partial charge on any atom is -0.397 e. The van der Waals surface area contributed by atoms with Crippen LogP contribution < -0.4 is 0 Å². The number of fused-ring (bicyclic) bond motifs is 1. The summed E-state index contributed by atoms with van der Waals surface area (Å²) in [7, 11) is 1.38. The Morgan fingerprint density at radius 3 is 2.65 bits per heavy atom. The first-order valence-corrected chi connectivity index (χ1v) is 8.85. The first-order chi connectivity index (χ1) is 8.17. The third kappa shape index (κ3) is 2.89. The van der Waals surface area contributed by atoms with Gasteiger partial charge in [0.05, 0.1) is 11.0 Å². The molecule has 4 nitrogen and oxygen atoms in total. The average Bonchev–Trinajstić information content (AvgIpc) is 2.79.